The molecule has 1 aromatic carbocycles. The third-order valence-corrected chi connectivity index (χ3v) is 10.2. The van der Waals surface area contributed by atoms with Gasteiger partial charge >= 0.3 is 6.18 Å². The van der Waals surface area contributed by atoms with Crippen LogP contribution in [-0.4, -0.2) is 63.4 Å². The number of hydrogen-bond donors (Lipinski definition) is 1. The molecular formula is C28H33ClF3N5O. The first-order chi connectivity index (χ1) is 18.2. The fourth-order valence-corrected chi connectivity index (χ4v) is 8.72. The molecule has 2 atom stereocenters. The van der Waals surface area contributed by atoms with Crippen molar-refractivity contribution < 1.29 is 18.0 Å². The van der Waals surface area contributed by atoms with Gasteiger partial charge in [0.2, 0.25) is 0 Å². The Bertz CT molecular complexity index is 1180. The maximum Gasteiger partial charge on any atom is 0.410 e. The summed E-state index contributed by atoms with van der Waals surface area (Å²) >= 11 is 5.97. The van der Waals surface area contributed by atoms with Gasteiger partial charge in [-0.3, -0.25) is 9.69 Å². The van der Waals surface area contributed by atoms with Crippen LogP contribution < -0.4 is 5.32 Å². The first kappa shape index (κ1) is 24.8. The number of aromatic nitrogens is 2. The molecule has 2 aromatic rings. The van der Waals surface area contributed by atoms with Crippen LogP contribution in [0.25, 0.3) is 0 Å². The minimum Gasteiger partial charge on any atom is -0.363 e. The summed E-state index contributed by atoms with van der Waals surface area (Å²) in [6, 6.07) is 5.91. The Balaban J connectivity index is 1.07. The first-order valence-electron chi connectivity index (χ1n) is 13.9. The van der Waals surface area contributed by atoms with Gasteiger partial charge in [-0.25, -0.2) is 4.68 Å². The number of halogens is 4. The maximum absolute atomic E-state index is 14.1. The van der Waals surface area contributed by atoms with Gasteiger partial charge in [-0.1, -0.05) is 23.7 Å². The number of alkyl halides is 3. The molecule has 5 fully saturated rings. The van der Waals surface area contributed by atoms with Crippen molar-refractivity contribution in [1.29, 1.82) is 0 Å². The topological polar surface area (TPSA) is 53.4 Å². The lowest BCUT2D eigenvalue weighted by atomic mass is 9.52. The summed E-state index contributed by atoms with van der Waals surface area (Å²) in [5.41, 5.74) is 1.09. The summed E-state index contributed by atoms with van der Waals surface area (Å²) in [5, 5.41) is 7.90. The Hall–Kier alpha value is -2.26. The van der Waals surface area contributed by atoms with Crippen molar-refractivity contribution in [3.8, 4) is 0 Å². The highest BCUT2D eigenvalue weighted by molar-refractivity contribution is 6.30. The van der Waals surface area contributed by atoms with Gasteiger partial charge in [0, 0.05) is 49.2 Å². The molecule has 1 aromatic heterocycles. The SMILES string of the molecule is O=C(c1cc2n(n1)[C@@H](C(F)(F)F)C[C@@H](c1ccc(Cl)cc1)N2)N1CCN(C23CC4CC(CC(C4)C2)C3)CC1. The second-order valence-corrected chi connectivity index (χ2v) is 12.8. The number of carbonyl (C=O) groups is 1. The van der Waals surface area contributed by atoms with Crippen molar-refractivity contribution in [2.75, 3.05) is 31.5 Å². The van der Waals surface area contributed by atoms with Crippen LogP contribution in [0.4, 0.5) is 19.0 Å². The van der Waals surface area contributed by atoms with Gasteiger partial charge in [-0.05, 0) is 74.0 Å². The first-order valence-corrected chi connectivity index (χ1v) is 14.3. The number of benzene rings is 1. The summed E-state index contributed by atoms with van der Waals surface area (Å²) in [6.45, 7) is 2.83. The molecule has 1 saturated heterocycles. The molecule has 0 radical (unpaired) electrons. The lowest BCUT2D eigenvalue weighted by Crippen LogP contribution is -2.64. The lowest BCUT2D eigenvalue weighted by molar-refractivity contribution is -0.173. The summed E-state index contributed by atoms with van der Waals surface area (Å²) < 4.78 is 43.2. The Kier molecular flexibility index (Phi) is 5.78. The molecule has 4 bridgehead atoms. The molecule has 1 amide bonds. The fraction of sp³-hybridized carbons (Fsp3) is 0.643. The van der Waals surface area contributed by atoms with Gasteiger partial charge in [0.25, 0.3) is 5.91 Å². The fourth-order valence-electron chi connectivity index (χ4n) is 8.59. The molecule has 4 saturated carbocycles. The van der Waals surface area contributed by atoms with E-state index in [9.17, 15) is 18.0 Å². The summed E-state index contributed by atoms with van der Waals surface area (Å²) in [7, 11) is 0. The van der Waals surface area contributed by atoms with Crippen molar-refractivity contribution in [2.45, 2.75) is 68.7 Å². The third kappa shape index (κ3) is 4.21. The van der Waals surface area contributed by atoms with Gasteiger partial charge in [-0.15, -0.1) is 0 Å². The monoisotopic (exact) mass is 547 g/mol. The van der Waals surface area contributed by atoms with Crippen LogP contribution in [-0.2, 0) is 0 Å². The summed E-state index contributed by atoms with van der Waals surface area (Å²) in [6.07, 6.45) is 3.37. The largest absolute Gasteiger partial charge is 0.410 e. The predicted molar refractivity (Wildman–Crippen MR) is 138 cm³/mol. The summed E-state index contributed by atoms with van der Waals surface area (Å²) in [5.74, 6) is 2.52. The molecule has 3 heterocycles. The Morgan fingerprint density at radius 1 is 0.947 bits per heavy atom. The number of piperazine rings is 1. The van der Waals surface area contributed by atoms with E-state index in [2.05, 4.69) is 15.3 Å². The normalized spacial score (nSPS) is 34.7. The highest BCUT2D eigenvalue weighted by Crippen LogP contribution is 2.58. The van der Waals surface area contributed by atoms with E-state index in [0.717, 1.165) is 35.5 Å². The molecule has 0 spiro atoms. The number of nitrogens with zero attached hydrogens (tertiary/aromatic N) is 4. The average molecular weight is 548 g/mol. The number of anilines is 1. The maximum atomic E-state index is 14.1. The third-order valence-electron chi connectivity index (χ3n) is 9.92. The molecule has 8 rings (SSSR count). The van der Waals surface area contributed by atoms with Gasteiger partial charge in [-0.2, -0.15) is 18.3 Å². The lowest BCUT2D eigenvalue weighted by Gasteiger charge is -2.61. The zero-order chi connectivity index (χ0) is 26.2. The number of fused-ring (bicyclic) bond motifs is 1. The molecule has 2 aliphatic heterocycles. The molecule has 0 unspecified atom stereocenters. The van der Waals surface area contributed by atoms with E-state index >= 15 is 0 Å². The van der Waals surface area contributed by atoms with E-state index in [0.29, 0.717) is 29.2 Å². The van der Waals surface area contributed by atoms with E-state index < -0.39 is 18.3 Å². The van der Waals surface area contributed by atoms with Gasteiger partial charge < -0.3 is 10.2 Å². The van der Waals surface area contributed by atoms with Crippen LogP contribution in [0.5, 0.6) is 0 Å². The molecule has 4 aliphatic carbocycles. The zero-order valence-electron chi connectivity index (χ0n) is 21.3. The predicted octanol–water partition coefficient (Wildman–Crippen LogP) is 5.92. The molecule has 10 heteroatoms. The standard InChI is InChI=1S/C28H33ClF3N5O/c29-21-3-1-20(2-4-21)22-12-24(28(30,31)32)37-25(33-22)13-23(34-37)26(38)35-5-7-36(8-6-35)27-14-17-9-18(15-27)11-19(10-17)16-27/h1-4,13,17-19,22,24,33H,5-12,14-16H2/t17?,18?,19?,22-,24+,27?/m0/s1. The van der Waals surface area contributed by atoms with E-state index in [-0.39, 0.29) is 23.8 Å². The highest BCUT2D eigenvalue weighted by atomic mass is 35.5. The average Bonchev–Trinajstić information content (AvgIpc) is 3.31. The second kappa shape index (κ2) is 8.88. The zero-order valence-corrected chi connectivity index (χ0v) is 22.0. The van der Waals surface area contributed by atoms with Crippen LogP contribution >= 0.6 is 11.6 Å². The molecule has 6 aliphatic rings. The van der Waals surface area contributed by atoms with Crippen LogP contribution in [0.3, 0.4) is 0 Å². The Labute approximate surface area is 225 Å². The van der Waals surface area contributed by atoms with E-state index in [1.165, 1.54) is 44.6 Å². The van der Waals surface area contributed by atoms with Crippen molar-refractivity contribution in [1.82, 2.24) is 19.6 Å². The quantitative estimate of drug-likeness (QED) is 0.518. The summed E-state index contributed by atoms with van der Waals surface area (Å²) in [4.78, 5) is 17.8. The molecule has 1 N–H and O–H groups in total. The number of carbonyl (C=O) groups excluding carboxylic acids is 1. The molecular weight excluding hydrogens is 515 g/mol. The van der Waals surface area contributed by atoms with Gasteiger partial charge in [0.1, 0.15) is 5.82 Å². The van der Waals surface area contributed by atoms with E-state index in [4.69, 9.17) is 11.6 Å². The van der Waals surface area contributed by atoms with Crippen molar-refractivity contribution in [3.05, 3.63) is 46.6 Å². The van der Waals surface area contributed by atoms with Crippen molar-refractivity contribution in [3.63, 3.8) is 0 Å². The number of hydrogen-bond acceptors (Lipinski definition) is 4. The van der Waals surface area contributed by atoms with Gasteiger partial charge in [0.15, 0.2) is 11.7 Å². The molecule has 38 heavy (non-hydrogen) atoms. The highest BCUT2D eigenvalue weighted by Gasteiger charge is 2.54. The van der Waals surface area contributed by atoms with E-state index in [1.807, 2.05) is 0 Å². The molecule has 6 nitrogen and oxygen atoms in total. The van der Waals surface area contributed by atoms with Gasteiger partial charge in [0.05, 0.1) is 6.04 Å². The van der Waals surface area contributed by atoms with E-state index in [1.54, 1.807) is 29.2 Å². The van der Waals surface area contributed by atoms with Crippen LogP contribution in [0.1, 0.15) is 73.1 Å². The number of nitrogens with one attached hydrogen (secondary N) is 1. The number of rotatable bonds is 3. The van der Waals surface area contributed by atoms with Crippen molar-refractivity contribution >= 4 is 23.3 Å². The molecule has 204 valence electrons. The minimum absolute atomic E-state index is 0.0711. The van der Waals surface area contributed by atoms with Crippen LogP contribution in [0.2, 0.25) is 5.02 Å². The minimum atomic E-state index is -4.49. The second-order valence-electron chi connectivity index (χ2n) is 12.3. The number of amides is 1. The Morgan fingerprint density at radius 2 is 1.55 bits per heavy atom. The Morgan fingerprint density at radius 3 is 2.13 bits per heavy atom. The van der Waals surface area contributed by atoms with Crippen molar-refractivity contribution in [2.24, 2.45) is 17.8 Å². The van der Waals surface area contributed by atoms with Crippen LogP contribution in [0.15, 0.2) is 30.3 Å². The van der Waals surface area contributed by atoms with Crippen LogP contribution in [0, 0.1) is 17.8 Å². The smallest absolute Gasteiger partial charge is 0.363 e.